The van der Waals surface area contributed by atoms with E-state index in [-0.39, 0.29) is 40.9 Å². The van der Waals surface area contributed by atoms with E-state index >= 15 is 0 Å². The third kappa shape index (κ3) is 11.7. The van der Waals surface area contributed by atoms with Crippen molar-refractivity contribution in [2.75, 3.05) is 0 Å². The van der Waals surface area contributed by atoms with Crippen molar-refractivity contribution in [1.29, 1.82) is 0 Å². The van der Waals surface area contributed by atoms with Crippen molar-refractivity contribution in [3.8, 4) is 23.0 Å². The summed E-state index contributed by atoms with van der Waals surface area (Å²) in [5, 5.41) is 8.79. The number of benzene rings is 2. The van der Waals surface area contributed by atoms with Gasteiger partial charge in [-0.25, -0.2) is 9.59 Å². The van der Waals surface area contributed by atoms with E-state index < -0.39 is 30.9 Å². The number of ether oxygens (including phenoxy) is 5. The summed E-state index contributed by atoms with van der Waals surface area (Å²) >= 11 is 0. The van der Waals surface area contributed by atoms with Gasteiger partial charge >= 0.3 is 25.2 Å². The van der Waals surface area contributed by atoms with E-state index in [0.717, 1.165) is 12.1 Å². The molecule has 0 amide bonds. The van der Waals surface area contributed by atoms with Crippen LogP contribution in [0.15, 0.2) is 36.4 Å². The number of carboxylic acid groups (broad SMARTS) is 1. The van der Waals surface area contributed by atoms with Gasteiger partial charge in [0.15, 0.2) is 0 Å². The number of aromatic carboxylic acids is 1. The molecule has 37 heavy (non-hydrogen) atoms. The highest BCUT2D eigenvalue weighted by Crippen LogP contribution is 2.29. The third-order valence-electron chi connectivity index (χ3n) is 3.87. The molecular weight excluding hydrogens is 504 g/mol. The van der Waals surface area contributed by atoms with E-state index in [1.807, 2.05) is 0 Å². The second kappa shape index (κ2) is 14.8. The Bertz CT molecular complexity index is 1030. The van der Waals surface area contributed by atoms with Crippen LogP contribution in [0.5, 0.6) is 23.0 Å². The standard InChI is InChI=1S/C14H18F2O4.C11H12F2O4/c1-8(2)18-10-5-6-11(13(17)19-9(3)4)12(7-10)20-14(15)16;1-6(2)16-7-3-4-8(10(14)15)9(5-7)17-11(12)13/h5-9,14H,1-4H3;3-6,11H,1-2H3,(H,14,15). The van der Waals surface area contributed by atoms with E-state index in [4.69, 9.17) is 19.3 Å². The van der Waals surface area contributed by atoms with Gasteiger partial charge in [0.05, 0.1) is 18.3 Å². The molecule has 0 saturated heterocycles. The largest absolute Gasteiger partial charge is 0.491 e. The van der Waals surface area contributed by atoms with Crippen LogP contribution in [-0.2, 0) is 4.74 Å². The molecule has 2 rings (SSSR count). The summed E-state index contributed by atoms with van der Waals surface area (Å²) < 4.78 is 73.1. The first-order valence-electron chi connectivity index (χ1n) is 11.1. The Morgan fingerprint density at radius 1 is 0.649 bits per heavy atom. The maximum Gasteiger partial charge on any atom is 0.387 e. The lowest BCUT2D eigenvalue weighted by atomic mass is 10.2. The Labute approximate surface area is 212 Å². The van der Waals surface area contributed by atoms with Crippen LogP contribution >= 0.6 is 0 Å². The molecule has 0 aliphatic heterocycles. The average molecular weight is 534 g/mol. The minimum absolute atomic E-state index is 0.0601. The predicted molar refractivity (Wildman–Crippen MR) is 125 cm³/mol. The highest BCUT2D eigenvalue weighted by atomic mass is 19.3. The molecule has 0 fully saturated rings. The van der Waals surface area contributed by atoms with Crippen molar-refractivity contribution in [3.05, 3.63) is 47.5 Å². The molecule has 2 aromatic carbocycles. The van der Waals surface area contributed by atoms with Crippen LogP contribution in [0, 0.1) is 0 Å². The topological polar surface area (TPSA) is 101 Å². The monoisotopic (exact) mass is 534 g/mol. The molecule has 12 heteroatoms. The molecule has 0 spiro atoms. The first-order valence-corrected chi connectivity index (χ1v) is 11.1. The fraction of sp³-hybridized carbons (Fsp3) is 0.440. The van der Waals surface area contributed by atoms with Crippen molar-refractivity contribution in [2.24, 2.45) is 0 Å². The highest BCUT2D eigenvalue weighted by Gasteiger charge is 2.20. The zero-order valence-electron chi connectivity index (χ0n) is 21.2. The number of carboxylic acids is 1. The lowest BCUT2D eigenvalue weighted by molar-refractivity contribution is -0.0514. The summed E-state index contributed by atoms with van der Waals surface area (Å²) in [5.74, 6) is -2.10. The Balaban J connectivity index is 0.000000375. The molecule has 0 unspecified atom stereocenters. The van der Waals surface area contributed by atoms with Gasteiger partial charge in [0.25, 0.3) is 0 Å². The zero-order chi connectivity index (χ0) is 28.3. The van der Waals surface area contributed by atoms with Crippen LogP contribution in [-0.4, -0.2) is 48.6 Å². The second-order valence-corrected chi connectivity index (χ2v) is 8.17. The molecule has 0 bridgehead atoms. The summed E-state index contributed by atoms with van der Waals surface area (Å²) in [6.07, 6.45) is -0.624. The molecule has 0 atom stereocenters. The number of esters is 1. The van der Waals surface area contributed by atoms with Gasteiger partial charge in [-0.2, -0.15) is 17.6 Å². The lowest BCUT2D eigenvalue weighted by Gasteiger charge is -2.15. The van der Waals surface area contributed by atoms with Gasteiger partial charge < -0.3 is 28.8 Å². The van der Waals surface area contributed by atoms with Crippen molar-refractivity contribution >= 4 is 11.9 Å². The molecule has 0 aliphatic carbocycles. The summed E-state index contributed by atoms with van der Waals surface area (Å²) in [6, 6.07) is 7.80. The van der Waals surface area contributed by atoms with E-state index in [1.165, 1.54) is 24.3 Å². The quantitative estimate of drug-likeness (QED) is 0.261. The fourth-order valence-corrected chi connectivity index (χ4v) is 2.71. The number of halogens is 4. The predicted octanol–water partition coefficient (Wildman–Crippen LogP) is 6.41. The number of carbonyl (C=O) groups excluding carboxylic acids is 1. The van der Waals surface area contributed by atoms with Gasteiger partial charge in [-0.05, 0) is 65.8 Å². The molecule has 0 aromatic heterocycles. The lowest BCUT2D eigenvalue weighted by Crippen LogP contribution is -2.15. The Kier molecular flexibility index (Phi) is 12.5. The summed E-state index contributed by atoms with van der Waals surface area (Å²) in [6.45, 7) is 4.35. The van der Waals surface area contributed by atoms with E-state index in [1.54, 1.807) is 41.5 Å². The van der Waals surface area contributed by atoms with Crippen LogP contribution in [0.3, 0.4) is 0 Å². The van der Waals surface area contributed by atoms with Crippen molar-refractivity contribution in [2.45, 2.75) is 73.1 Å². The summed E-state index contributed by atoms with van der Waals surface area (Å²) in [7, 11) is 0. The van der Waals surface area contributed by atoms with Gasteiger partial charge in [0.1, 0.15) is 34.1 Å². The molecule has 0 saturated carbocycles. The molecule has 0 radical (unpaired) electrons. The Hall–Kier alpha value is -3.70. The van der Waals surface area contributed by atoms with Gasteiger partial charge in [-0.3, -0.25) is 0 Å². The average Bonchev–Trinajstić information content (AvgIpc) is 2.72. The molecule has 8 nitrogen and oxygen atoms in total. The van der Waals surface area contributed by atoms with E-state index in [0.29, 0.717) is 5.75 Å². The molecule has 1 N–H and O–H groups in total. The van der Waals surface area contributed by atoms with Crippen LogP contribution in [0.1, 0.15) is 62.3 Å². The summed E-state index contributed by atoms with van der Waals surface area (Å²) in [5.41, 5.74) is -0.392. The first-order chi connectivity index (χ1) is 17.2. The maximum absolute atomic E-state index is 12.4. The van der Waals surface area contributed by atoms with Crippen molar-refractivity contribution in [1.82, 2.24) is 0 Å². The fourth-order valence-electron chi connectivity index (χ4n) is 2.71. The first kappa shape index (κ1) is 31.3. The van der Waals surface area contributed by atoms with Crippen LogP contribution < -0.4 is 18.9 Å². The highest BCUT2D eigenvalue weighted by molar-refractivity contribution is 5.93. The number of carbonyl (C=O) groups is 2. The number of rotatable bonds is 11. The molecular formula is C25H30F4O8. The maximum atomic E-state index is 12.4. The summed E-state index contributed by atoms with van der Waals surface area (Å²) in [4.78, 5) is 22.6. The minimum atomic E-state index is -3.08. The van der Waals surface area contributed by atoms with Gasteiger partial charge in [0.2, 0.25) is 0 Å². The molecule has 0 aliphatic rings. The van der Waals surface area contributed by atoms with Crippen molar-refractivity contribution in [3.63, 3.8) is 0 Å². The SMILES string of the molecule is CC(C)OC(=O)c1ccc(OC(C)C)cc1OC(F)F.CC(C)Oc1ccc(C(=O)O)c(OC(F)F)c1. The molecule has 0 heterocycles. The number of alkyl halides is 4. The normalized spacial score (nSPS) is 10.9. The smallest absolute Gasteiger partial charge is 0.387 e. The molecule has 206 valence electrons. The van der Waals surface area contributed by atoms with E-state index in [9.17, 15) is 27.2 Å². The van der Waals surface area contributed by atoms with Gasteiger partial charge in [-0.1, -0.05) is 0 Å². The minimum Gasteiger partial charge on any atom is -0.491 e. The van der Waals surface area contributed by atoms with Crippen molar-refractivity contribution < 1.29 is 55.9 Å². The zero-order valence-corrected chi connectivity index (χ0v) is 21.2. The van der Waals surface area contributed by atoms with Crippen LogP contribution in [0.25, 0.3) is 0 Å². The molecule has 2 aromatic rings. The van der Waals surface area contributed by atoms with Gasteiger partial charge in [-0.15, -0.1) is 0 Å². The Morgan fingerprint density at radius 2 is 1.05 bits per heavy atom. The Morgan fingerprint density at radius 3 is 1.41 bits per heavy atom. The van der Waals surface area contributed by atoms with Gasteiger partial charge in [0, 0.05) is 12.1 Å². The second-order valence-electron chi connectivity index (χ2n) is 8.17. The van der Waals surface area contributed by atoms with Crippen LogP contribution in [0.4, 0.5) is 17.6 Å². The third-order valence-corrected chi connectivity index (χ3v) is 3.87. The number of hydrogen-bond acceptors (Lipinski definition) is 7. The number of hydrogen-bond donors (Lipinski definition) is 1. The van der Waals surface area contributed by atoms with E-state index in [2.05, 4.69) is 9.47 Å². The van der Waals surface area contributed by atoms with Crippen LogP contribution in [0.2, 0.25) is 0 Å².